The maximum Gasteiger partial charge on any atom is 0.325 e. The zero-order valence-corrected chi connectivity index (χ0v) is 9.52. The molecule has 76 valence electrons. The summed E-state index contributed by atoms with van der Waals surface area (Å²) in [4.78, 5) is 16.5. The Kier molecular flexibility index (Phi) is 3.60. The van der Waals surface area contributed by atoms with Crippen molar-refractivity contribution in [2.75, 3.05) is 14.1 Å². The molecule has 1 aromatic heterocycles. The van der Waals surface area contributed by atoms with Crippen LogP contribution in [0.5, 0.6) is 0 Å². The molecule has 1 heterocycles. The van der Waals surface area contributed by atoms with E-state index in [2.05, 4.69) is 20.9 Å². The molecule has 1 N–H and O–H groups in total. The summed E-state index contributed by atoms with van der Waals surface area (Å²) in [5, 5.41) is 9.00. The van der Waals surface area contributed by atoms with E-state index >= 15 is 0 Å². The van der Waals surface area contributed by atoms with Crippen LogP contribution in [-0.2, 0) is 4.79 Å². The van der Waals surface area contributed by atoms with Crippen molar-refractivity contribution in [3.05, 3.63) is 28.5 Å². The molecule has 1 rings (SSSR count). The number of pyridine rings is 1. The smallest absolute Gasteiger partial charge is 0.325 e. The zero-order chi connectivity index (χ0) is 10.7. The molecule has 0 amide bonds. The molecule has 0 bridgehead atoms. The predicted octanol–water partition coefficient (Wildman–Crippen LogP) is 1.53. The number of hydrogen-bond acceptors (Lipinski definition) is 3. The molecule has 0 fully saturated rings. The number of rotatable bonds is 3. The molecular formula is C9H11BrN2O2. The van der Waals surface area contributed by atoms with Crippen molar-refractivity contribution < 1.29 is 9.90 Å². The number of hydrogen-bond donors (Lipinski definition) is 1. The second-order valence-corrected chi connectivity index (χ2v) is 4.06. The monoisotopic (exact) mass is 258 g/mol. The molecule has 0 saturated heterocycles. The molecule has 0 spiro atoms. The number of likely N-dealkylation sites (N-methyl/N-ethyl adjacent to an activating group) is 1. The van der Waals surface area contributed by atoms with Gasteiger partial charge in [0, 0.05) is 16.9 Å². The number of halogens is 1. The minimum atomic E-state index is -0.880. The van der Waals surface area contributed by atoms with Gasteiger partial charge in [-0.25, -0.2) is 0 Å². The Morgan fingerprint density at radius 1 is 1.57 bits per heavy atom. The fourth-order valence-corrected chi connectivity index (χ4v) is 1.62. The zero-order valence-electron chi connectivity index (χ0n) is 7.94. The highest BCUT2D eigenvalue weighted by molar-refractivity contribution is 9.10. The van der Waals surface area contributed by atoms with E-state index in [1.165, 1.54) is 0 Å². The number of carbonyl (C=O) groups is 1. The van der Waals surface area contributed by atoms with Crippen LogP contribution in [0.1, 0.15) is 11.6 Å². The summed E-state index contributed by atoms with van der Waals surface area (Å²) in [6.45, 7) is 0. The average molecular weight is 259 g/mol. The molecule has 0 aliphatic heterocycles. The third-order valence-electron chi connectivity index (χ3n) is 1.79. The number of nitrogens with zero attached hydrogens (tertiary/aromatic N) is 2. The largest absolute Gasteiger partial charge is 0.480 e. The summed E-state index contributed by atoms with van der Waals surface area (Å²) in [6.07, 6.45) is 3.18. The summed E-state index contributed by atoms with van der Waals surface area (Å²) < 4.78 is 0.781. The van der Waals surface area contributed by atoms with Gasteiger partial charge in [-0.15, -0.1) is 0 Å². The van der Waals surface area contributed by atoms with Crippen LogP contribution in [0, 0.1) is 0 Å². The average Bonchev–Trinajstić information content (AvgIpc) is 2.02. The van der Waals surface area contributed by atoms with Crippen molar-refractivity contribution in [3.63, 3.8) is 0 Å². The molecule has 0 aromatic carbocycles. The van der Waals surface area contributed by atoms with Crippen LogP contribution in [-0.4, -0.2) is 35.1 Å². The third-order valence-corrected chi connectivity index (χ3v) is 2.23. The lowest BCUT2D eigenvalue weighted by Gasteiger charge is -2.19. The predicted molar refractivity (Wildman–Crippen MR) is 56.0 cm³/mol. The Morgan fingerprint density at radius 3 is 2.64 bits per heavy atom. The van der Waals surface area contributed by atoms with Gasteiger partial charge < -0.3 is 5.11 Å². The molecular weight excluding hydrogens is 248 g/mol. The Bertz CT molecular complexity index is 341. The molecule has 4 nitrogen and oxygen atoms in total. The van der Waals surface area contributed by atoms with E-state index in [1.807, 2.05) is 0 Å². The second kappa shape index (κ2) is 4.52. The highest BCUT2D eigenvalue weighted by Crippen LogP contribution is 2.20. The molecule has 14 heavy (non-hydrogen) atoms. The van der Waals surface area contributed by atoms with Crippen LogP contribution in [0.2, 0.25) is 0 Å². The van der Waals surface area contributed by atoms with E-state index in [-0.39, 0.29) is 0 Å². The van der Waals surface area contributed by atoms with Crippen LogP contribution in [0.15, 0.2) is 22.9 Å². The minimum Gasteiger partial charge on any atom is -0.480 e. The Morgan fingerprint density at radius 2 is 2.21 bits per heavy atom. The van der Waals surface area contributed by atoms with Gasteiger partial charge in [0.1, 0.15) is 6.04 Å². The van der Waals surface area contributed by atoms with Crippen LogP contribution in [0.3, 0.4) is 0 Å². The standard InChI is InChI=1S/C9H11BrN2O2/c1-12(2)8(9(13)14)6-3-7(10)5-11-4-6/h3-5,8H,1-2H3,(H,13,14). The van der Waals surface area contributed by atoms with Crippen LogP contribution in [0.25, 0.3) is 0 Å². The SMILES string of the molecule is CN(C)C(C(=O)O)c1cncc(Br)c1. The highest BCUT2D eigenvalue weighted by atomic mass is 79.9. The molecule has 0 aliphatic rings. The summed E-state index contributed by atoms with van der Waals surface area (Å²) >= 11 is 3.25. The van der Waals surface area contributed by atoms with Crippen molar-refractivity contribution in [1.82, 2.24) is 9.88 Å². The van der Waals surface area contributed by atoms with E-state index in [0.717, 1.165) is 4.47 Å². The summed E-state index contributed by atoms with van der Waals surface area (Å²) in [5.74, 6) is -0.880. The van der Waals surface area contributed by atoms with Gasteiger partial charge in [0.2, 0.25) is 0 Å². The molecule has 0 radical (unpaired) electrons. The van der Waals surface area contributed by atoms with Crippen LogP contribution < -0.4 is 0 Å². The van der Waals surface area contributed by atoms with E-state index < -0.39 is 12.0 Å². The number of aliphatic carboxylic acids is 1. The van der Waals surface area contributed by atoms with Gasteiger partial charge in [-0.3, -0.25) is 14.7 Å². The maximum atomic E-state index is 11.0. The normalized spacial score (nSPS) is 12.9. The van der Waals surface area contributed by atoms with Gasteiger partial charge in [-0.1, -0.05) is 0 Å². The summed E-state index contributed by atoms with van der Waals surface area (Å²) in [5.41, 5.74) is 0.664. The molecule has 5 heteroatoms. The van der Waals surface area contributed by atoms with Gasteiger partial charge in [0.05, 0.1) is 0 Å². The van der Waals surface area contributed by atoms with Gasteiger partial charge in [0.15, 0.2) is 0 Å². The molecule has 0 aliphatic carbocycles. The first kappa shape index (κ1) is 11.1. The summed E-state index contributed by atoms with van der Waals surface area (Å²) in [6, 6.07) is 1.10. The molecule has 1 aromatic rings. The Balaban J connectivity index is 3.05. The lowest BCUT2D eigenvalue weighted by Crippen LogP contribution is -2.27. The van der Waals surface area contributed by atoms with Crippen LogP contribution >= 0.6 is 15.9 Å². The van der Waals surface area contributed by atoms with Crippen LogP contribution in [0.4, 0.5) is 0 Å². The van der Waals surface area contributed by atoms with E-state index in [4.69, 9.17) is 5.11 Å². The molecule has 1 unspecified atom stereocenters. The van der Waals surface area contributed by atoms with Gasteiger partial charge >= 0.3 is 5.97 Å². The van der Waals surface area contributed by atoms with Gasteiger partial charge in [0.25, 0.3) is 0 Å². The van der Waals surface area contributed by atoms with Crippen molar-refractivity contribution >= 4 is 21.9 Å². The minimum absolute atomic E-state index is 0.653. The van der Waals surface area contributed by atoms with E-state index in [9.17, 15) is 4.79 Å². The number of carboxylic acids is 1. The lowest BCUT2D eigenvalue weighted by atomic mass is 10.1. The van der Waals surface area contributed by atoms with Gasteiger partial charge in [-0.2, -0.15) is 0 Å². The fraction of sp³-hybridized carbons (Fsp3) is 0.333. The number of aromatic nitrogens is 1. The molecule has 1 atom stereocenters. The van der Waals surface area contributed by atoms with Crippen molar-refractivity contribution in [2.45, 2.75) is 6.04 Å². The maximum absolute atomic E-state index is 11.0. The number of carboxylic acid groups (broad SMARTS) is 1. The topological polar surface area (TPSA) is 53.4 Å². The van der Waals surface area contributed by atoms with Gasteiger partial charge in [-0.05, 0) is 41.7 Å². The fourth-order valence-electron chi connectivity index (χ4n) is 1.24. The van der Waals surface area contributed by atoms with E-state index in [1.54, 1.807) is 37.5 Å². The van der Waals surface area contributed by atoms with Crippen molar-refractivity contribution in [1.29, 1.82) is 0 Å². The molecule has 0 saturated carbocycles. The second-order valence-electron chi connectivity index (χ2n) is 3.14. The first-order valence-electron chi connectivity index (χ1n) is 4.02. The Hall–Kier alpha value is -0.940. The quantitative estimate of drug-likeness (QED) is 0.894. The van der Waals surface area contributed by atoms with Crippen molar-refractivity contribution in [2.24, 2.45) is 0 Å². The van der Waals surface area contributed by atoms with E-state index in [0.29, 0.717) is 5.56 Å². The highest BCUT2D eigenvalue weighted by Gasteiger charge is 2.22. The Labute approximate surface area is 90.7 Å². The van der Waals surface area contributed by atoms with Crippen molar-refractivity contribution in [3.8, 4) is 0 Å². The first-order valence-corrected chi connectivity index (χ1v) is 4.81. The summed E-state index contributed by atoms with van der Waals surface area (Å²) in [7, 11) is 3.44. The first-order chi connectivity index (χ1) is 6.52. The third kappa shape index (κ3) is 2.52. The lowest BCUT2D eigenvalue weighted by molar-refractivity contribution is -0.142.